The van der Waals surface area contributed by atoms with Gasteiger partial charge in [0.05, 0.1) is 0 Å². The molecule has 0 unspecified atom stereocenters. The van der Waals surface area contributed by atoms with Crippen LogP contribution >= 0.6 is 0 Å². The number of hydrogen-bond acceptors (Lipinski definition) is 4. The molecule has 4 heteroatoms. The highest BCUT2D eigenvalue weighted by atomic mass is 15.0. The largest absolute Gasteiger partial charge is 0.264 e. The van der Waals surface area contributed by atoms with Gasteiger partial charge < -0.3 is 0 Å². The van der Waals surface area contributed by atoms with Gasteiger partial charge in [0.15, 0.2) is 17.5 Å². The number of pyridine rings is 1. The highest BCUT2D eigenvalue weighted by Crippen LogP contribution is 2.39. The van der Waals surface area contributed by atoms with E-state index in [-0.39, 0.29) is 0 Å². The highest BCUT2D eigenvalue weighted by Gasteiger charge is 2.16. The minimum atomic E-state index is 0.618. The van der Waals surface area contributed by atoms with E-state index in [2.05, 4.69) is 96.0 Å². The van der Waals surface area contributed by atoms with Crippen molar-refractivity contribution in [1.29, 1.82) is 0 Å². The van der Waals surface area contributed by atoms with Crippen molar-refractivity contribution in [3.63, 3.8) is 0 Å². The third-order valence-electron chi connectivity index (χ3n) is 8.96. The van der Waals surface area contributed by atoms with Gasteiger partial charge in [-0.1, -0.05) is 127 Å². The van der Waals surface area contributed by atoms with Gasteiger partial charge in [-0.25, -0.2) is 15.0 Å². The average Bonchev–Trinajstić information content (AvgIpc) is 3.18. The number of rotatable bonds is 5. The SMILES string of the molecule is c1ccc(-c2nc(-c3ccccc3)nc(-c3cc(-c4cccnc4)cc(-c4ccc5c6ccccc6c6ccccc6c5c4)c3)n2)cc1. The molecule has 7 aromatic carbocycles. The summed E-state index contributed by atoms with van der Waals surface area (Å²) in [6, 6.07) is 55.0. The summed E-state index contributed by atoms with van der Waals surface area (Å²) in [5.74, 6) is 1.89. The van der Waals surface area contributed by atoms with Gasteiger partial charge in [0.2, 0.25) is 0 Å². The maximum Gasteiger partial charge on any atom is 0.164 e. The first-order chi connectivity index (χ1) is 23.8. The van der Waals surface area contributed by atoms with Crippen LogP contribution in [0.1, 0.15) is 0 Å². The van der Waals surface area contributed by atoms with Crippen molar-refractivity contribution in [2.75, 3.05) is 0 Å². The molecule has 0 spiro atoms. The molecule has 0 aliphatic carbocycles. The fraction of sp³-hybridized carbons (Fsp3) is 0. The van der Waals surface area contributed by atoms with Crippen LogP contribution in [0.4, 0.5) is 0 Å². The summed E-state index contributed by atoms with van der Waals surface area (Å²) in [5, 5.41) is 7.51. The Bertz CT molecular complexity index is 2510. The molecule has 0 amide bonds. The lowest BCUT2D eigenvalue weighted by Gasteiger charge is -2.14. The molecule has 0 bridgehead atoms. The normalized spacial score (nSPS) is 11.3. The van der Waals surface area contributed by atoms with Crippen LogP contribution in [0.3, 0.4) is 0 Å². The fourth-order valence-corrected chi connectivity index (χ4v) is 6.65. The maximum atomic E-state index is 5.06. The summed E-state index contributed by atoms with van der Waals surface area (Å²) in [4.78, 5) is 19.5. The number of benzene rings is 7. The highest BCUT2D eigenvalue weighted by molar-refractivity contribution is 6.25. The van der Waals surface area contributed by atoms with Crippen LogP contribution < -0.4 is 0 Å². The first-order valence-electron chi connectivity index (χ1n) is 16.0. The quantitative estimate of drug-likeness (QED) is 0.181. The summed E-state index contributed by atoms with van der Waals surface area (Å²) in [5.41, 5.74) is 7.06. The Hall–Kier alpha value is -6.52. The van der Waals surface area contributed by atoms with Crippen molar-refractivity contribution < 1.29 is 0 Å². The fourth-order valence-electron chi connectivity index (χ4n) is 6.65. The molecule has 9 aromatic rings. The number of aromatic nitrogens is 4. The van der Waals surface area contributed by atoms with E-state index in [1.807, 2.05) is 72.9 Å². The Morgan fingerprint density at radius 3 is 1.25 bits per heavy atom. The predicted molar refractivity (Wildman–Crippen MR) is 197 cm³/mol. The van der Waals surface area contributed by atoms with E-state index in [1.54, 1.807) is 6.20 Å². The van der Waals surface area contributed by atoms with Crippen molar-refractivity contribution in [2.45, 2.75) is 0 Å². The molecular weight excluding hydrogens is 585 g/mol. The molecular formula is C44H28N4. The van der Waals surface area contributed by atoms with Crippen LogP contribution in [0.5, 0.6) is 0 Å². The zero-order valence-corrected chi connectivity index (χ0v) is 26.0. The number of nitrogens with zero attached hydrogens (tertiary/aromatic N) is 4. The first kappa shape index (κ1) is 27.8. The second-order valence-electron chi connectivity index (χ2n) is 11.9. The van der Waals surface area contributed by atoms with Crippen molar-refractivity contribution >= 4 is 32.3 Å². The van der Waals surface area contributed by atoms with Gasteiger partial charge in [0.25, 0.3) is 0 Å². The Labute approximate surface area is 278 Å². The first-order valence-corrected chi connectivity index (χ1v) is 16.0. The Morgan fingerprint density at radius 2 is 0.708 bits per heavy atom. The smallest absolute Gasteiger partial charge is 0.164 e. The summed E-state index contributed by atoms with van der Waals surface area (Å²) in [7, 11) is 0. The zero-order valence-electron chi connectivity index (χ0n) is 26.0. The molecule has 0 atom stereocenters. The van der Waals surface area contributed by atoms with Gasteiger partial charge in [0.1, 0.15) is 0 Å². The lowest BCUT2D eigenvalue weighted by atomic mass is 9.91. The zero-order chi connectivity index (χ0) is 31.9. The molecule has 0 N–H and O–H groups in total. The molecule has 4 nitrogen and oxygen atoms in total. The van der Waals surface area contributed by atoms with Crippen LogP contribution in [0.25, 0.3) is 88.7 Å². The molecule has 0 saturated carbocycles. The standard InChI is InChI=1S/C44H28N4/c1-3-12-29(13-4-1)42-46-43(30-14-5-2-6-15-30)48-44(47-42)35-25-33(24-34(26-35)32-16-11-23-45-28-32)31-21-22-40-38-19-8-7-17-36(38)37-18-9-10-20-39(37)41(40)27-31/h1-28H. The minimum absolute atomic E-state index is 0.618. The summed E-state index contributed by atoms with van der Waals surface area (Å²) in [6.45, 7) is 0. The van der Waals surface area contributed by atoms with E-state index in [0.717, 1.165) is 38.9 Å². The molecule has 0 fully saturated rings. The summed E-state index contributed by atoms with van der Waals surface area (Å²) >= 11 is 0. The van der Waals surface area contributed by atoms with E-state index in [0.29, 0.717) is 17.5 Å². The molecule has 0 radical (unpaired) electrons. The second-order valence-corrected chi connectivity index (χ2v) is 11.9. The van der Waals surface area contributed by atoms with Gasteiger partial charge in [-0.05, 0) is 79.3 Å². The molecule has 48 heavy (non-hydrogen) atoms. The lowest BCUT2D eigenvalue weighted by molar-refractivity contribution is 1.07. The summed E-state index contributed by atoms with van der Waals surface area (Å²) in [6.07, 6.45) is 3.71. The number of fused-ring (bicyclic) bond motifs is 6. The topological polar surface area (TPSA) is 51.6 Å². The predicted octanol–water partition coefficient (Wildman–Crippen LogP) is 11.1. The Kier molecular flexibility index (Phi) is 6.76. The molecule has 0 saturated heterocycles. The van der Waals surface area contributed by atoms with Gasteiger partial charge in [0, 0.05) is 34.6 Å². The van der Waals surface area contributed by atoms with Crippen molar-refractivity contribution in [1.82, 2.24) is 19.9 Å². The van der Waals surface area contributed by atoms with Crippen LogP contribution in [-0.4, -0.2) is 19.9 Å². The number of hydrogen-bond donors (Lipinski definition) is 0. The van der Waals surface area contributed by atoms with Crippen molar-refractivity contribution in [3.05, 3.63) is 170 Å². The maximum absolute atomic E-state index is 5.06. The van der Waals surface area contributed by atoms with E-state index >= 15 is 0 Å². The van der Waals surface area contributed by atoms with E-state index in [9.17, 15) is 0 Å². The Morgan fingerprint density at radius 1 is 0.271 bits per heavy atom. The molecule has 224 valence electrons. The van der Waals surface area contributed by atoms with Crippen molar-refractivity contribution in [2.24, 2.45) is 0 Å². The van der Waals surface area contributed by atoms with Crippen LogP contribution in [0.15, 0.2) is 170 Å². The van der Waals surface area contributed by atoms with E-state index < -0.39 is 0 Å². The van der Waals surface area contributed by atoms with Gasteiger partial charge in [-0.3, -0.25) is 4.98 Å². The summed E-state index contributed by atoms with van der Waals surface area (Å²) < 4.78 is 0. The van der Waals surface area contributed by atoms with E-state index in [4.69, 9.17) is 15.0 Å². The average molecular weight is 613 g/mol. The van der Waals surface area contributed by atoms with Crippen molar-refractivity contribution in [3.8, 4) is 56.4 Å². The third kappa shape index (κ3) is 4.97. The molecule has 2 heterocycles. The van der Waals surface area contributed by atoms with Gasteiger partial charge >= 0.3 is 0 Å². The molecule has 0 aliphatic rings. The minimum Gasteiger partial charge on any atom is -0.264 e. The third-order valence-corrected chi connectivity index (χ3v) is 8.96. The monoisotopic (exact) mass is 612 g/mol. The van der Waals surface area contributed by atoms with Crippen LogP contribution in [0, 0.1) is 0 Å². The lowest BCUT2D eigenvalue weighted by Crippen LogP contribution is -2.00. The van der Waals surface area contributed by atoms with Crippen LogP contribution in [-0.2, 0) is 0 Å². The molecule has 0 aliphatic heterocycles. The molecule has 2 aromatic heterocycles. The van der Waals surface area contributed by atoms with Crippen LogP contribution in [0.2, 0.25) is 0 Å². The molecule has 9 rings (SSSR count). The van der Waals surface area contributed by atoms with Gasteiger partial charge in [-0.15, -0.1) is 0 Å². The second kappa shape index (κ2) is 11.7. The Balaban J connectivity index is 1.29. The van der Waals surface area contributed by atoms with E-state index in [1.165, 1.54) is 32.3 Å². The van der Waals surface area contributed by atoms with Gasteiger partial charge in [-0.2, -0.15) is 0 Å².